The molecule has 78 valence electrons. The monoisotopic (exact) mass is 221 g/mol. The number of nitriles is 1. The first-order valence-electron chi connectivity index (χ1n) is 4.74. The molecule has 1 aromatic rings. The Balaban J connectivity index is 2.04. The molecule has 1 aliphatic rings. The van der Waals surface area contributed by atoms with E-state index >= 15 is 0 Å². The number of thiophene rings is 1. The Hall–Kier alpha value is -1.38. The van der Waals surface area contributed by atoms with Crippen molar-refractivity contribution >= 4 is 17.2 Å². The molecular weight excluding hydrogens is 210 g/mol. The lowest BCUT2D eigenvalue weighted by atomic mass is 10.3. The van der Waals surface area contributed by atoms with E-state index in [0.29, 0.717) is 11.4 Å². The third-order valence-corrected chi connectivity index (χ3v) is 3.43. The van der Waals surface area contributed by atoms with E-state index in [1.807, 2.05) is 6.07 Å². The predicted molar refractivity (Wildman–Crippen MR) is 57.0 cm³/mol. The Bertz CT molecular complexity index is 421. The lowest BCUT2D eigenvalue weighted by Gasteiger charge is -2.14. The molecule has 2 rings (SSSR count). The average molecular weight is 221 g/mol. The fraction of sp³-hybridized carbons (Fsp3) is 0.400. The summed E-state index contributed by atoms with van der Waals surface area (Å²) in [6.45, 7) is 1.30. The molecular formula is C10H11N3OS. The number of hydrogen-bond donors (Lipinski definition) is 1. The second-order valence-electron chi connectivity index (χ2n) is 3.53. The van der Waals surface area contributed by atoms with Crippen LogP contribution in [-0.4, -0.2) is 23.4 Å². The highest BCUT2D eigenvalue weighted by molar-refractivity contribution is 7.12. The predicted octanol–water partition coefficient (Wildman–Crippen LogP) is 0.679. The van der Waals surface area contributed by atoms with Crippen LogP contribution in [0.3, 0.4) is 0 Å². The van der Waals surface area contributed by atoms with Crippen LogP contribution in [0.4, 0.5) is 0 Å². The summed E-state index contributed by atoms with van der Waals surface area (Å²) in [7, 11) is 0. The molecule has 1 saturated heterocycles. The first-order chi connectivity index (χ1) is 7.20. The molecule has 0 spiro atoms. The molecule has 1 fully saturated rings. The number of carbonyl (C=O) groups is 1. The van der Waals surface area contributed by atoms with Crippen LogP contribution in [0.1, 0.15) is 16.2 Å². The van der Waals surface area contributed by atoms with Gasteiger partial charge >= 0.3 is 0 Å². The summed E-state index contributed by atoms with van der Waals surface area (Å²) in [6, 6.07) is 5.42. The van der Waals surface area contributed by atoms with Crippen molar-refractivity contribution in [1.82, 2.24) is 4.90 Å². The lowest BCUT2D eigenvalue weighted by molar-refractivity contribution is -0.129. The van der Waals surface area contributed by atoms with Crippen molar-refractivity contribution in [2.75, 3.05) is 6.54 Å². The molecule has 0 aliphatic carbocycles. The molecule has 2 heterocycles. The Morgan fingerprint density at radius 3 is 3.00 bits per heavy atom. The van der Waals surface area contributed by atoms with Crippen LogP contribution >= 0.6 is 11.3 Å². The number of carbonyl (C=O) groups excluding carboxylic acids is 1. The zero-order chi connectivity index (χ0) is 10.8. The second-order valence-corrected chi connectivity index (χ2v) is 4.70. The van der Waals surface area contributed by atoms with Gasteiger partial charge in [0.25, 0.3) is 0 Å². The quantitative estimate of drug-likeness (QED) is 0.798. The molecule has 1 aliphatic heterocycles. The zero-order valence-electron chi connectivity index (χ0n) is 8.14. The molecule has 1 aromatic heterocycles. The van der Waals surface area contributed by atoms with Crippen LogP contribution in [0.5, 0.6) is 0 Å². The van der Waals surface area contributed by atoms with Crippen LogP contribution in [-0.2, 0) is 11.3 Å². The van der Waals surface area contributed by atoms with E-state index in [2.05, 4.69) is 6.07 Å². The van der Waals surface area contributed by atoms with Gasteiger partial charge in [-0.15, -0.1) is 11.3 Å². The average Bonchev–Trinajstić information content (AvgIpc) is 2.80. The number of nitrogens with two attached hydrogens (primary N) is 1. The minimum atomic E-state index is -0.333. The Labute approximate surface area is 91.9 Å². The topological polar surface area (TPSA) is 70.1 Å². The minimum absolute atomic E-state index is 0.0157. The van der Waals surface area contributed by atoms with E-state index in [1.165, 1.54) is 11.3 Å². The van der Waals surface area contributed by atoms with Crippen molar-refractivity contribution in [2.45, 2.75) is 19.0 Å². The van der Waals surface area contributed by atoms with E-state index in [1.54, 1.807) is 11.0 Å². The first-order valence-corrected chi connectivity index (χ1v) is 5.55. The summed E-state index contributed by atoms with van der Waals surface area (Å²) >= 11 is 1.43. The molecule has 1 amide bonds. The molecule has 5 heteroatoms. The molecule has 0 aromatic carbocycles. The summed E-state index contributed by atoms with van der Waals surface area (Å²) in [6.07, 6.45) is 0.731. The summed E-state index contributed by atoms with van der Waals surface area (Å²) in [5.74, 6) is 0.0157. The van der Waals surface area contributed by atoms with Crippen molar-refractivity contribution in [3.05, 3.63) is 21.9 Å². The molecule has 4 nitrogen and oxygen atoms in total. The molecule has 1 unspecified atom stereocenters. The van der Waals surface area contributed by atoms with Gasteiger partial charge < -0.3 is 10.6 Å². The molecule has 0 saturated carbocycles. The summed E-state index contributed by atoms with van der Waals surface area (Å²) < 4.78 is 0. The van der Waals surface area contributed by atoms with Gasteiger partial charge in [0.15, 0.2) is 0 Å². The lowest BCUT2D eigenvalue weighted by Crippen LogP contribution is -2.33. The summed E-state index contributed by atoms with van der Waals surface area (Å²) in [5.41, 5.74) is 5.61. The van der Waals surface area contributed by atoms with Gasteiger partial charge in [0.1, 0.15) is 10.9 Å². The molecule has 0 bridgehead atoms. The second kappa shape index (κ2) is 4.01. The Morgan fingerprint density at radius 2 is 2.47 bits per heavy atom. The smallest absolute Gasteiger partial charge is 0.239 e. The molecule has 0 radical (unpaired) electrons. The highest BCUT2D eigenvalue weighted by Gasteiger charge is 2.28. The molecule has 1 atom stereocenters. The van der Waals surface area contributed by atoms with Crippen molar-refractivity contribution in [3.63, 3.8) is 0 Å². The number of likely N-dealkylation sites (tertiary alicyclic amines) is 1. The van der Waals surface area contributed by atoms with Gasteiger partial charge in [-0.2, -0.15) is 5.26 Å². The van der Waals surface area contributed by atoms with E-state index in [0.717, 1.165) is 17.8 Å². The van der Waals surface area contributed by atoms with Gasteiger partial charge in [0, 0.05) is 11.4 Å². The van der Waals surface area contributed by atoms with Crippen molar-refractivity contribution in [2.24, 2.45) is 5.73 Å². The van der Waals surface area contributed by atoms with Crippen LogP contribution in [0.2, 0.25) is 0 Å². The van der Waals surface area contributed by atoms with Crippen LogP contribution < -0.4 is 5.73 Å². The summed E-state index contributed by atoms with van der Waals surface area (Å²) in [4.78, 5) is 15.0. The third-order valence-electron chi connectivity index (χ3n) is 2.46. The van der Waals surface area contributed by atoms with Crippen molar-refractivity contribution < 1.29 is 4.79 Å². The van der Waals surface area contributed by atoms with Crippen LogP contribution in [0.15, 0.2) is 12.1 Å². The normalized spacial score (nSPS) is 20.7. The summed E-state index contributed by atoms with van der Waals surface area (Å²) in [5, 5.41) is 8.67. The number of rotatable bonds is 2. The maximum atomic E-state index is 11.5. The Morgan fingerprint density at radius 1 is 1.67 bits per heavy atom. The van der Waals surface area contributed by atoms with Gasteiger partial charge in [-0.05, 0) is 18.6 Å². The van der Waals surface area contributed by atoms with E-state index < -0.39 is 0 Å². The van der Waals surface area contributed by atoms with Crippen LogP contribution in [0, 0.1) is 11.3 Å². The standard InChI is InChI=1S/C10H11N3OS/c11-5-7-1-2-8(15-7)6-13-4-3-9(12)10(13)14/h1-2,9H,3-4,6,12H2. The fourth-order valence-electron chi connectivity index (χ4n) is 1.63. The SMILES string of the molecule is N#Cc1ccc(CN2CCC(N)C2=O)s1. The van der Waals surface area contributed by atoms with Crippen molar-refractivity contribution in [1.29, 1.82) is 5.26 Å². The maximum absolute atomic E-state index is 11.5. The number of hydrogen-bond acceptors (Lipinski definition) is 4. The van der Waals surface area contributed by atoms with Gasteiger partial charge in [-0.3, -0.25) is 4.79 Å². The van der Waals surface area contributed by atoms with E-state index in [-0.39, 0.29) is 11.9 Å². The van der Waals surface area contributed by atoms with Gasteiger partial charge in [0.05, 0.1) is 12.6 Å². The van der Waals surface area contributed by atoms with Crippen molar-refractivity contribution in [3.8, 4) is 6.07 Å². The first kappa shape index (κ1) is 10.1. The van der Waals surface area contributed by atoms with Crippen LogP contribution in [0.25, 0.3) is 0 Å². The Kier molecular flexibility index (Phi) is 2.71. The molecule has 2 N–H and O–H groups in total. The highest BCUT2D eigenvalue weighted by Crippen LogP contribution is 2.20. The number of nitrogens with zero attached hydrogens (tertiary/aromatic N) is 2. The zero-order valence-corrected chi connectivity index (χ0v) is 8.96. The third kappa shape index (κ3) is 2.01. The van der Waals surface area contributed by atoms with E-state index in [9.17, 15) is 4.79 Å². The van der Waals surface area contributed by atoms with Gasteiger partial charge in [-0.25, -0.2) is 0 Å². The fourth-order valence-corrected chi connectivity index (χ4v) is 2.45. The van der Waals surface area contributed by atoms with Gasteiger partial charge in [0.2, 0.25) is 5.91 Å². The van der Waals surface area contributed by atoms with E-state index in [4.69, 9.17) is 11.0 Å². The largest absolute Gasteiger partial charge is 0.336 e. The molecule has 15 heavy (non-hydrogen) atoms. The van der Waals surface area contributed by atoms with Gasteiger partial charge in [-0.1, -0.05) is 0 Å². The minimum Gasteiger partial charge on any atom is -0.336 e. The maximum Gasteiger partial charge on any atom is 0.239 e. The highest BCUT2D eigenvalue weighted by atomic mass is 32.1. The number of amides is 1.